The van der Waals surface area contributed by atoms with Crippen LogP contribution in [0.1, 0.15) is 6.92 Å². The molecule has 0 radical (unpaired) electrons. The lowest BCUT2D eigenvalue weighted by Gasteiger charge is -2.06. The molecule has 16 heavy (non-hydrogen) atoms. The van der Waals surface area contributed by atoms with Gasteiger partial charge in [0.15, 0.2) is 0 Å². The molecule has 0 fully saturated rings. The first kappa shape index (κ1) is 13.0. The molecule has 0 aromatic heterocycles. The predicted octanol–water partition coefficient (Wildman–Crippen LogP) is 1.63. The fraction of sp³-hybridized carbons (Fsp3) is 0.300. The Morgan fingerprint density at radius 3 is 2.81 bits per heavy atom. The molecule has 3 N–H and O–H groups in total. The van der Waals surface area contributed by atoms with Crippen molar-refractivity contribution in [1.29, 1.82) is 0 Å². The molecule has 0 spiro atoms. The van der Waals surface area contributed by atoms with Gasteiger partial charge in [-0.1, -0.05) is 18.5 Å². The molecule has 0 aliphatic rings. The highest BCUT2D eigenvalue weighted by Crippen LogP contribution is 2.22. The second kappa shape index (κ2) is 5.86. The summed E-state index contributed by atoms with van der Waals surface area (Å²) >= 11 is 5.74. The third-order valence-corrected chi connectivity index (χ3v) is 3.47. The average molecular weight is 261 g/mol. The van der Waals surface area contributed by atoms with Crippen molar-refractivity contribution in [2.75, 3.05) is 22.6 Å². The molecular weight excluding hydrogens is 248 g/mol. The number of carbonyl (C=O) groups excluding carboxylic acids is 1. The second-order valence-electron chi connectivity index (χ2n) is 3.16. The Morgan fingerprint density at radius 1 is 1.56 bits per heavy atom. The Hall–Kier alpha value is -1.07. The molecule has 0 saturated heterocycles. The van der Waals surface area contributed by atoms with Gasteiger partial charge in [-0.3, -0.25) is 9.00 Å². The molecule has 4 nitrogen and oxygen atoms in total. The van der Waals surface area contributed by atoms with Crippen LogP contribution in [-0.2, 0) is 15.6 Å². The van der Waals surface area contributed by atoms with E-state index in [9.17, 15) is 9.00 Å². The van der Waals surface area contributed by atoms with Gasteiger partial charge >= 0.3 is 0 Å². The Balaban J connectivity index is 2.63. The zero-order valence-corrected chi connectivity index (χ0v) is 10.4. The van der Waals surface area contributed by atoms with Gasteiger partial charge in [0.25, 0.3) is 0 Å². The van der Waals surface area contributed by atoms with Gasteiger partial charge in [0.2, 0.25) is 5.91 Å². The number of benzene rings is 1. The smallest absolute Gasteiger partial charge is 0.236 e. The van der Waals surface area contributed by atoms with Gasteiger partial charge in [0.1, 0.15) is 5.75 Å². The summed E-state index contributed by atoms with van der Waals surface area (Å²) in [5, 5.41) is 3.04. The molecular formula is C10H13ClN2O2S. The maximum atomic E-state index is 11.4. The van der Waals surface area contributed by atoms with Crippen molar-refractivity contribution in [2.45, 2.75) is 6.92 Å². The highest BCUT2D eigenvalue weighted by Gasteiger charge is 2.07. The van der Waals surface area contributed by atoms with E-state index in [0.717, 1.165) is 0 Å². The van der Waals surface area contributed by atoms with Crippen molar-refractivity contribution in [2.24, 2.45) is 0 Å². The van der Waals surface area contributed by atoms with Crippen molar-refractivity contribution >= 4 is 39.7 Å². The fourth-order valence-corrected chi connectivity index (χ4v) is 1.75. The fourth-order valence-electron chi connectivity index (χ4n) is 1.07. The molecule has 0 heterocycles. The molecule has 0 saturated carbocycles. The maximum Gasteiger partial charge on any atom is 0.236 e. The highest BCUT2D eigenvalue weighted by molar-refractivity contribution is 7.85. The number of hydrogen-bond acceptors (Lipinski definition) is 3. The number of hydrogen-bond donors (Lipinski definition) is 2. The number of halogens is 1. The quantitative estimate of drug-likeness (QED) is 0.809. The lowest BCUT2D eigenvalue weighted by Crippen LogP contribution is -2.20. The minimum atomic E-state index is -1.11. The lowest BCUT2D eigenvalue weighted by molar-refractivity contribution is -0.113. The second-order valence-corrected chi connectivity index (χ2v) is 5.31. The molecule has 1 aromatic carbocycles. The van der Waals surface area contributed by atoms with Crippen LogP contribution in [-0.4, -0.2) is 21.6 Å². The topological polar surface area (TPSA) is 72.2 Å². The summed E-state index contributed by atoms with van der Waals surface area (Å²) < 4.78 is 11.1. The number of anilines is 2. The van der Waals surface area contributed by atoms with Crippen molar-refractivity contribution in [3.63, 3.8) is 0 Å². The van der Waals surface area contributed by atoms with Gasteiger partial charge in [-0.05, 0) is 18.2 Å². The predicted molar refractivity (Wildman–Crippen MR) is 68.0 cm³/mol. The normalized spacial score (nSPS) is 12.1. The van der Waals surface area contributed by atoms with Crippen LogP contribution < -0.4 is 11.1 Å². The van der Waals surface area contributed by atoms with Gasteiger partial charge in [-0.25, -0.2) is 0 Å². The standard InChI is InChI=1S/C10H13ClN2O2S/c1-2-16(15)6-10(14)13-7-3-4-8(11)9(12)5-7/h3-5H,2,6,12H2,1H3,(H,13,14). The van der Waals surface area contributed by atoms with E-state index in [-0.39, 0.29) is 11.7 Å². The van der Waals surface area contributed by atoms with Crippen LogP contribution in [0, 0.1) is 0 Å². The van der Waals surface area contributed by atoms with Gasteiger partial charge in [-0.15, -0.1) is 0 Å². The first-order valence-electron chi connectivity index (χ1n) is 4.72. The summed E-state index contributed by atoms with van der Waals surface area (Å²) in [5.41, 5.74) is 6.54. The minimum absolute atomic E-state index is 0.000961. The molecule has 6 heteroatoms. The van der Waals surface area contributed by atoms with E-state index in [4.69, 9.17) is 17.3 Å². The Morgan fingerprint density at radius 2 is 2.25 bits per heavy atom. The summed E-state index contributed by atoms with van der Waals surface area (Å²) in [6.07, 6.45) is 0. The Labute approximate surface area is 102 Å². The molecule has 0 bridgehead atoms. The molecule has 1 unspecified atom stereocenters. The molecule has 0 aliphatic carbocycles. The van der Waals surface area contributed by atoms with Crippen LogP contribution in [0.2, 0.25) is 5.02 Å². The number of amides is 1. The van der Waals surface area contributed by atoms with Crippen molar-refractivity contribution in [1.82, 2.24) is 0 Å². The molecule has 88 valence electrons. The third-order valence-electron chi connectivity index (χ3n) is 1.89. The van der Waals surface area contributed by atoms with Crippen molar-refractivity contribution in [3.8, 4) is 0 Å². The molecule has 0 aliphatic heterocycles. The van der Waals surface area contributed by atoms with Gasteiger partial charge in [0.05, 0.1) is 10.7 Å². The van der Waals surface area contributed by atoms with E-state index in [1.54, 1.807) is 25.1 Å². The molecule has 1 amide bonds. The summed E-state index contributed by atoms with van der Waals surface area (Å²) in [5.74, 6) is 0.178. The monoisotopic (exact) mass is 260 g/mol. The molecule has 1 rings (SSSR count). The molecule has 1 atom stereocenters. The van der Waals surface area contributed by atoms with Gasteiger partial charge in [-0.2, -0.15) is 0 Å². The van der Waals surface area contributed by atoms with Crippen LogP contribution in [0.3, 0.4) is 0 Å². The number of nitrogens with one attached hydrogen (secondary N) is 1. The van der Waals surface area contributed by atoms with Crippen LogP contribution >= 0.6 is 11.6 Å². The largest absolute Gasteiger partial charge is 0.397 e. The van der Waals surface area contributed by atoms with E-state index >= 15 is 0 Å². The van der Waals surface area contributed by atoms with E-state index in [1.165, 1.54) is 0 Å². The van der Waals surface area contributed by atoms with E-state index < -0.39 is 10.8 Å². The zero-order chi connectivity index (χ0) is 12.1. The Kier molecular flexibility index (Phi) is 4.76. The summed E-state index contributed by atoms with van der Waals surface area (Å²) in [6.45, 7) is 1.77. The highest BCUT2D eigenvalue weighted by atomic mass is 35.5. The maximum absolute atomic E-state index is 11.4. The van der Waals surface area contributed by atoms with E-state index in [0.29, 0.717) is 22.2 Å². The Bertz CT molecular complexity index is 423. The van der Waals surface area contributed by atoms with Crippen LogP contribution in [0.15, 0.2) is 18.2 Å². The van der Waals surface area contributed by atoms with E-state index in [2.05, 4.69) is 5.32 Å². The van der Waals surface area contributed by atoms with Crippen LogP contribution in [0.25, 0.3) is 0 Å². The third kappa shape index (κ3) is 3.83. The first-order chi connectivity index (χ1) is 7.52. The summed E-state index contributed by atoms with van der Waals surface area (Å²) in [6, 6.07) is 4.81. The van der Waals surface area contributed by atoms with Gasteiger partial charge < -0.3 is 11.1 Å². The average Bonchev–Trinajstić information content (AvgIpc) is 2.23. The molecule has 1 aromatic rings. The summed E-state index contributed by atoms with van der Waals surface area (Å²) in [4.78, 5) is 11.4. The van der Waals surface area contributed by atoms with Crippen molar-refractivity contribution < 1.29 is 9.00 Å². The number of nitrogen functional groups attached to an aromatic ring is 1. The van der Waals surface area contributed by atoms with E-state index in [1.807, 2.05) is 0 Å². The number of rotatable bonds is 4. The van der Waals surface area contributed by atoms with Crippen molar-refractivity contribution in [3.05, 3.63) is 23.2 Å². The zero-order valence-electron chi connectivity index (χ0n) is 8.83. The van der Waals surface area contributed by atoms with Crippen LogP contribution in [0.4, 0.5) is 11.4 Å². The number of nitrogens with two attached hydrogens (primary N) is 1. The SMILES string of the molecule is CCS(=O)CC(=O)Nc1ccc(Cl)c(N)c1. The minimum Gasteiger partial charge on any atom is -0.397 e. The lowest BCUT2D eigenvalue weighted by atomic mass is 10.3. The summed E-state index contributed by atoms with van der Waals surface area (Å²) in [7, 11) is -1.11. The van der Waals surface area contributed by atoms with Crippen LogP contribution in [0.5, 0.6) is 0 Å². The van der Waals surface area contributed by atoms with Gasteiger partial charge in [0, 0.05) is 22.2 Å². The first-order valence-corrected chi connectivity index (χ1v) is 6.59. The number of carbonyl (C=O) groups is 1.